The van der Waals surface area contributed by atoms with Gasteiger partial charge in [-0.1, -0.05) is 47.9 Å². The van der Waals surface area contributed by atoms with Crippen LogP contribution in [0.5, 0.6) is 0 Å². The van der Waals surface area contributed by atoms with E-state index < -0.39 is 0 Å². The molecule has 0 bridgehead atoms. The number of pyridine rings is 2. The molecule has 2 heterocycles. The van der Waals surface area contributed by atoms with E-state index in [1.807, 2.05) is 24.3 Å². The molecule has 2 heteroatoms. The molecule has 0 radical (unpaired) electrons. The van der Waals surface area contributed by atoms with Gasteiger partial charge in [-0.2, -0.15) is 0 Å². The largest absolute Gasteiger partial charge is 0.265 e. The van der Waals surface area contributed by atoms with Crippen LogP contribution in [0.4, 0.5) is 0 Å². The summed E-state index contributed by atoms with van der Waals surface area (Å²) in [6, 6.07) is 24.6. The fourth-order valence-corrected chi connectivity index (χ4v) is 3.42. The summed E-state index contributed by atoms with van der Waals surface area (Å²) in [6.45, 7) is 0. The van der Waals surface area contributed by atoms with E-state index in [2.05, 4.69) is 82.2 Å². The highest BCUT2D eigenvalue weighted by molar-refractivity contribution is 6.02. The van der Waals surface area contributed by atoms with Gasteiger partial charge >= 0.3 is 0 Å². The van der Waals surface area contributed by atoms with E-state index in [-0.39, 0.29) is 0 Å². The molecule has 0 aliphatic carbocycles. The molecule has 0 fully saturated rings. The first kappa shape index (κ1) is 17.7. The lowest BCUT2D eigenvalue weighted by molar-refractivity contribution is 1.32. The number of hydrogen-bond donors (Lipinski definition) is 0. The van der Waals surface area contributed by atoms with Crippen molar-refractivity contribution in [3.05, 3.63) is 120 Å². The highest BCUT2D eigenvalue weighted by Crippen LogP contribution is 2.27. The van der Waals surface area contributed by atoms with Crippen molar-refractivity contribution in [1.29, 1.82) is 0 Å². The fraction of sp³-hybridized carbons (Fsp3) is 0. The first-order valence-corrected chi connectivity index (χ1v) is 9.66. The zero-order valence-corrected chi connectivity index (χ0v) is 16.1. The number of rotatable bonds is 0. The van der Waals surface area contributed by atoms with Crippen molar-refractivity contribution in [2.75, 3.05) is 0 Å². The second-order valence-electron chi connectivity index (χ2n) is 6.88. The van der Waals surface area contributed by atoms with Gasteiger partial charge in [0.05, 0.1) is 0 Å². The summed E-state index contributed by atoms with van der Waals surface area (Å²) in [5, 5.41) is 4.60. The highest BCUT2D eigenvalue weighted by atomic mass is 14.6. The van der Waals surface area contributed by atoms with E-state index in [0.29, 0.717) is 0 Å². The van der Waals surface area contributed by atoms with Crippen LogP contribution in [0.25, 0.3) is 21.5 Å². The Labute approximate surface area is 175 Å². The molecule has 0 saturated heterocycles. The molecule has 0 amide bonds. The van der Waals surface area contributed by atoms with Crippen molar-refractivity contribution in [2.24, 2.45) is 0 Å². The zero-order chi connectivity index (χ0) is 20.2. The van der Waals surface area contributed by atoms with Gasteiger partial charge in [0.25, 0.3) is 0 Å². The summed E-state index contributed by atoms with van der Waals surface area (Å²) in [4.78, 5) is 8.09. The number of aromatic nitrogens is 2. The molecule has 0 aliphatic rings. The van der Waals surface area contributed by atoms with Crippen molar-refractivity contribution in [2.45, 2.75) is 0 Å². The summed E-state index contributed by atoms with van der Waals surface area (Å²) in [5.74, 6) is 13.1. The third-order valence-electron chi connectivity index (χ3n) is 4.92. The SMILES string of the molecule is C(#Cc1cccc2cc3c(C#Cc4ccncc4)cccc3cc12)c1ccncc1. The molecule has 2 nitrogen and oxygen atoms in total. The maximum atomic E-state index is 4.05. The van der Waals surface area contributed by atoms with Crippen molar-refractivity contribution < 1.29 is 0 Å². The van der Waals surface area contributed by atoms with Crippen molar-refractivity contribution in [3.8, 4) is 23.7 Å². The Hall–Kier alpha value is -4.40. The van der Waals surface area contributed by atoms with E-state index in [0.717, 1.165) is 43.8 Å². The molecule has 0 aliphatic heterocycles. The number of benzene rings is 3. The average molecular weight is 380 g/mol. The molecule has 30 heavy (non-hydrogen) atoms. The predicted molar refractivity (Wildman–Crippen MR) is 122 cm³/mol. The van der Waals surface area contributed by atoms with Crippen LogP contribution in [-0.2, 0) is 0 Å². The lowest BCUT2D eigenvalue weighted by Gasteiger charge is -2.06. The normalized spacial score (nSPS) is 10.1. The topological polar surface area (TPSA) is 25.8 Å². The van der Waals surface area contributed by atoms with E-state index in [9.17, 15) is 0 Å². The van der Waals surface area contributed by atoms with Crippen LogP contribution in [0.15, 0.2) is 97.6 Å². The summed E-state index contributed by atoms with van der Waals surface area (Å²) in [5.41, 5.74) is 3.94. The van der Waals surface area contributed by atoms with Gasteiger partial charge in [-0.3, -0.25) is 9.97 Å². The van der Waals surface area contributed by atoms with E-state index >= 15 is 0 Å². The van der Waals surface area contributed by atoms with Crippen LogP contribution in [0.3, 0.4) is 0 Å². The third kappa shape index (κ3) is 3.63. The molecule has 0 N–H and O–H groups in total. The highest BCUT2D eigenvalue weighted by Gasteiger charge is 2.04. The number of fused-ring (bicyclic) bond motifs is 2. The van der Waals surface area contributed by atoms with Gasteiger partial charge in [0.1, 0.15) is 0 Å². The Kier molecular flexibility index (Phi) is 4.67. The molecule has 3 aromatic carbocycles. The van der Waals surface area contributed by atoms with Gasteiger partial charge in [0, 0.05) is 47.0 Å². The van der Waals surface area contributed by atoms with Crippen LogP contribution in [0, 0.1) is 23.7 Å². The van der Waals surface area contributed by atoms with E-state index in [4.69, 9.17) is 0 Å². The lowest BCUT2D eigenvalue weighted by atomic mass is 9.97. The minimum Gasteiger partial charge on any atom is -0.265 e. The smallest absolute Gasteiger partial charge is 0.0327 e. The standard InChI is InChI=1S/C28H16N2/c1-3-23(9-7-21-11-15-29-16-12-21)27-20-26-6-2-4-24(28(26)19-25(27)5-1)10-8-22-13-17-30-18-14-22/h1-6,11-20H. The molecule has 5 rings (SSSR count). The fourth-order valence-electron chi connectivity index (χ4n) is 3.42. The Balaban J connectivity index is 1.62. The van der Waals surface area contributed by atoms with Crippen LogP contribution < -0.4 is 0 Å². The summed E-state index contributed by atoms with van der Waals surface area (Å²) < 4.78 is 0. The molecule has 138 valence electrons. The predicted octanol–water partition coefficient (Wildman–Crippen LogP) is 5.58. The first-order chi connectivity index (χ1) is 14.9. The average Bonchev–Trinajstić information content (AvgIpc) is 2.81. The zero-order valence-electron chi connectivity index (χ0n) is 16.1. The second-order valence-corrected chi connectivity index (χ2v) is 6.88. The van der Waals surface area contributed by atoms with Crippen molar-refractivity contribution in [1.82, 2.24) is 9.97 Å². The monoisotopic (exact) mass is 380 g/mol. The number of hydrogen-bond acceptors (Lipinski definition) is 2. The third-order valence-corrected chi connectivity index (χ3v) is 4.92. The van der Waals surface area contributed by atoms with Gasteiger partial charge in [-0.15, -0.1) is 0 Å². The minimum atomic E-state index is 0.955. The Morgan fingerprint density at radius 1 is 0.467 bits per heavy atom. The van der Waals surface area contributed by atoms with Crippen molar-refractivity contribution in [3.63, 3.8) is 0 Å². The molecule has 0 spiro atoms. The quantitative estimate of drug-likeness (QED) is 0.259. The summed E-state index contributed by atoms with van der Waals surface area (Å²) >= 11 is 0. The minimum absolute atomic E-state index is 0.955. The van der Waals surface area contributed by atoms with Crippen LogP contribution in [0.1, 0.15) is 22.3 Å². The van der Waals surface area contributed by atoms with Gasteiger partial charge < -0.3 is 0 Å². The molecule has 2 aromatic heterocycles. The Morgan fingerprint density at radius 3 is 1.33 bits per heavy atom. The second kappa shape index (κ2) is 7.92. The lowest BCUT2D eigenvalue weighted by Crippen LogP contribution is -1.85. The van der Waals surface area contributed by atoms with Crippen LogP contribution in [-0.4, -0.2) is 9.97 Å². The maximum absolute atomic E-state index is 4.05. The van der Waals surface area contributed by atoms with Gasteiger partial charge in [-0.25, -0.2) is 0 Å². The molecule has 0 atom stereocenters. The molecule has 0 saturated carbocycles. The summed E-state index contributed by atoms with van der Waals surface area (Å²) in [6.07, 6.45) is 7.04. The maximum Gasteiger partial charge on any atom is 0.0327 e. The van der Waals surface area contributed by atoms with Crippen LogP contribution >= 0.6 is 0 Å². The number of nitrogens with zero attached hydrogens (tertiary/aromatic N) is 2. The Morgan fingerprint density at radius 2 is 0.900 bits per heavy atom. The van der Waals surface area contributed by atoms with Crippen molar-refractivity contribution >= 4 is 21.5 Å². The summed E-state index contributed by atoms with van der Waals surface area (Å²) in [7, 11) is 0. The molecular formula is C28H16N2. The molecular weight excluding hydrogens is 364 g/mol. The Bertz CT molecular complexity index is 1360. The van der Waals surface area contributed by atoms with E-state index in [1.54, 1.807) is 24.8 Å². The molecule has 0 unspecified atom stereocenters. The van der Waals surface area contributed by atoms with Gasteiger partial charge in [0.2, 0.25) is 0 Å². The van der Waals surface area contributed by atoms with Gasteiger partial charge in [0.15, 0.2) is 0 Å². The van der Waals surface area contributed by atoms with Gasteiger partial charge in [-0.05, 0) is 70.1 Å². The van der Waals surface area contributed by atoms with Crippen LogP contribution in [0.2, 0.25) is 0 Å². The van der Waals surface area contributed by atoms with E-state index in [1.165, 1.54) is 0 Å². The molecule has 5 aromatic rings. The first-order valence-electron chi connectivity index (χ1n) is 9.66.